The Morgan fingerprint density at radius 2 is 1.44 bits per heavy atom. The number of benzene rings is 2. The van der Waals surface area contributed by atoms with Gasteiger partial charge in [0.1, 0.15) is 17.2 Å². The Hall–Kier alpha value is -3.71. The fraction of sp³-hybridized carbons (Fsp3) is 0.111. The maximum atomic E-state index is 15.2. The van der Waals surface area contributed by atoms with E-state index in [0.717, 1.165) is 7.11 Å². The van der Waals surface area contributed by atoms with Crippen molar-refractivity contribution >= 4 is 17.6 Å². The van der Waals surface area contributed by atoms with Crippen molar-refractivity contribution in [2.45, 2.75) is 6.11 Å². The predicted molar refractivity (Wildman–Crippen MR) is 85.8 cm³/mol. The fourth-order valence-corrected chi connectivity index (χ4v) is 2.81. The highest BCUT2D eigenvalue weighted by Crippen LogP contribution is 2.47. The van der Waals surface area contributed by atoms with E-state index in [2.05, 4.69) is 16.1 Å². The van der Waals surface area contributed by atoms with Crippen molar-refractivity contribution in [2.75, 3.05) is 12.0 Å². The monoisotopic (exact) mass is 471 g/mol. The van der Waals surface area contributed by atoms with Crippen LogP contribution in [0.25, 0.3) is 11.1 Å². The lowest BCUT2D eigenvalue weighted by molar-refractivity contribution is -0.192. The molecule has 0 aliphatic carbocycles. The number of hydrogen-bond donors (Lipinski definition) is 0. The first kappa shape index (κ1) is 23.0. The zero-order chi connectivity index (χ0) is 24.3. The summed E-state index contributed by atoms with van der Waals surface area (Å²) in [6.45, 7) is 2.97. The molecule has 0 bridgehead atoms. The van der Waals surface area contributed by atoms with Gasteiger partial charge < -0.3 is 9.47 Å². The van der Waals surface area contributed by atoms with E-state index in [4.69, 9.17) is 0 Å². The number of fused-ring (bicyclic) bond motifs is 1. The SMILES string of the molecule is C=C(C(=O)OC)N1C(=O)C(F)(F)Oc2cc(F)c(-c3c(F)c(F)c(F)c(F)c3F)c(F)c21. The normalized spacial score (nSPS) is 14.7. The van der Waals surface area contributed by atoms with E-state index < -0.39 is 91.9 Å². The van der Waals surface area contributed by atoms with Crippen molar-refractivity contribution in [3.8, 4) is 16.9 Å². The number of alkyl halides is 2. The number of ether oxygens (including phenoxy) is 2. The van der Waals surface area contributed by atoms with Crippen LogP contribution in [-0.4, -0.2) is 25.1 Å². The van der Waals surface area contributed by atoms with Crippen LogP contribution in [0.2, 0.25) is 0 Å². The third-order valence-corrected chi connectivity index (χ3v) is 4.22. The quantitative estimate of drug-likeness (QED) is 0.220. The first-order valence-corrected chi connectivity index (χ1v) is 7.98. The minimum atomic E-state index is -4.80. The van der Waals surface area contributed by atoms with Crippen LogP contribution in [0.3, 0.4) is 0 Å². The average molecular weight is 471 g/mol. The maximum absolute atomic E-state index is 15.2. The highest BCUT2D eigenvalue weighted by atomic mass is 19.3. The smallest absolute Gasteiger partial charge is 0.464 e. The lowest BCUT2D eigenvalue weighted by atomic mass is 9.99. The minimum Gasteiger partial charge on any atom is -0.464 e. The summed E-state index contributed by atoms with van der Waals surface area (Å²) in [5.41, 5.74) is -6.82. The fourth-order valence-electron chi connectivity index (χ4n) is 2.81. The molecule has 0 saturated carbocycles. The van der Waals surface area contributed by atoms with Gasteiger partial charge in [-0.3, -0.25) is 9.69 Å². The van der Waals surface area contributed by atoms with E-state index in [0.29, 0.717) is 0 Å². The van der Waals surface area contributed by atoms with Gasteiger partial charge in [-0.25, -0.2) is 35.5 Å². The van der Waals surface area contributed by atoms with E-state index in [1.807, 2.05) is 0 Å². The lowest BCUT2D eigenvalue weighted by Crippen LogP contribution is -2.51. The number of esters is 1. The van der Waals surface area contributed by atoms with Crippen molar-refractivity contribution in [3.63, 3.8) is 0 Å². The van der Waals surface area contributed by atoms with Crippen LogP contribution in [0.5, 0.6) is 5.75 Å². The summed E-state index contributed by atoms with van der Waals surface area (Å²) in [6.07, 6.45) is -4.80. The summed E-state index contributed by atoms with van der Waals surface area (Å²) in [6, 6.07) is -0.107. The van der Waals surface area contributed by atoms with Gasteiger partial charge in [0.25, 0.3) is 0 Å². The molecule has 0 fully saturated rings. The Balaban J connectivity index is 2.43. The molecule has 14 heteroatoms. The van der Waals surface area contributed by atoms with Gasteiger partial charge in [-0.15, -0.1) is 0 Å². The molecule has 1 heterocycles. The molecule has 32 heavy (non-hydrogen) atoms. The largest absolute Gasteiger partial charge is 0.483 e. The second kappa shape index (κ2) is 7.46. The van der Waals surface area contributed by atoms with E-state index in [1.165, 1.54) is 0 Å². The molecule has 5 nitrogen and oxygen atoms in total. The third-order valence-electron chi connectivity index (χ3n) is 4.22. The summed E-state index contributed by atoms with van der Waals surface area (Å²) < 4.78 is 134. The summed E-state index contributed by atoms with van der Waals surface area (Å²) in [5, 5.41) is 0. The van der Waals surface area contributed by atoms with E-state index >= 15 is 4.39 Å². The number of carbonyl (C=O) groups is 2. The number of methoxy groups -OCH3 is 1. The Morgan fingerprint density at radius 1 is 0.938 bits per heavy atom. The van der Waals surface area contributed by atoms with Gasteiger partial charge in [0.2, 0.25) is 5.82 Å². The second-order valence-electron chi connectivity index (χ2n) is 6.04. The van der Waals surface area contributed by atoms with Gasteiger partial charge in [-0.1, -0.05) is 6.58 Å². The molecule has 1 aliphatic rings. The van der Waals surface area contributed by atoms with Crippen molar-refractivity contribution < 1.29 is 58.6 Å². The Bertz CT molecular complexity index is 1180. The van der Waals surface area contributed by atoms with Crippen LogP contribution in [0, 0.1) is 40.7 Å². The van der Waals surface area contributed by atoms with Crippen LogP contribution in [0.4, 0.5) is 45.2 Å². The first-order valence-electron chi connectivity index (χ1n) is 7.98. The molecule has 0 N–H and O–H groups in total. The van der Waals surface area contributed by atoms with Crippen molar-refractivity contribution in [2.24, 2.45) is 0 Å². The van der Waals surface area contributed by atoms with Gasteiger partial charge in [0.05, 0.1) is 18.2 Å². The van der Waals surface area contributed by atoms with Gasteiger partial charge in [-0.2, -0.15) is 8.78 Å². The van der Waals surface area contributed by atoms with Crippen molar-refractivity contribution in [1.29, 1.82) is 0 Å². The molecule has 0 saturated heterocycles. The minimum absolute atomic E-state index is 0.107. The van der Waals surface area contributed by atoms with Crippen LogP contribution < -0.4 is 9.64 Å². The lowest BCUT2D eigenvalue weighted by Gasteiger charge is -2.34. The maximum Gasteiger partial charge on any atom is 0.483 e. The van der Waals surface area contributed by atoms with Gasteiger partial charge >= 0.3 is 18.0 Å². The number of anilines is 1. The zero-order valence-electron chi connectivity index (χ0n) is 15.3. The van der Waals surface area contributed by atoms with Gasteiger partial charge in [-0.05, 0) is 0 Å². The van der Waals surface area contributed by atoms with Crippen LogP contribution in [0.1, 0.15) is 0 Å². The molecule has 2 aromatic rings. The number of halogens is 9. The molecular weight excluding hydrogens is 465 g/mol. The highest BCUT2D eigenvalue weighted by molar-refractivity contribution is 6.11. The number of rotatable bonds is 3. The molecule has 0 unspecified atom stereocenters. The van der Waals surface area contributed by atoms with Crippen LogP contribution >= 0.6 is 0 Å². The molecule has 0 radical (unpaired) electrons. The molecule has 0 spiro atoms. The summed E-state index contributed by atoms with van der Waals surface area (Å²) >= 11 is 0. The first-order chi connectivity index (χ1) is 14.8. The summed E-state index contributed by atoms with van der Waals surface area (Å²) in [4.78, 5) is 23.3. The molecule has 0 atom stereocenters. The number of hydrogen-bond acceptors (Lipinski definition) is 4. The van der Waals surface area contributed by atoms with Gasteiger partial charge in [0.15, 0.2) is 34.8 Å². The van der Waals surface area contributed by atoms with Gasteiger partial charge in [0, 0.05) is 6.07 Å². The predicted octanol–water partition coefficient (Wildman–Crippen LogP) is 4.33. The molecule has 1 aliphatic heterocycles. The molecule has 2 aromatic carbocycles. The summed E-state index contributed by atoms with van der Waals surface area (Å²) in [7, 11) is 0.721. The second-order valence-corrected chi connectivity index (χ2v) is 6.04. The van der Waals surface area contributed by atoms with E-state index in [9.17, 15) is 44.7 Å². The van der Waals surface area contributed by atoms with Crippen molar-refractivity contribution in [1.82, 2.24) is 0 Å². The average Bonchev–Trinajstić information content (AvgIpc) is 2.73. The van der Waals surface area contributed by atoms with Crippen LogP contribution in [-0.2, 0) is 14.3 Å². The molecule has 170 valence electrons. The Morgan fingerprint density at radius 3 is 1.94 bits per heavy atom. The number of amides is 1. The summed E-state index contributed by atoms with van der Waals surface area (Å²) in [5.74, 6) is -22.9. The zero-order valence-corrected chi connectivity index (χ0v) is 15.3. The molecular formula is C18H6F9NO4. The Labute approximate surface area is 171 Å². The van der Waals surface area contributed by atoms with Crippen LogP contribution in [0.15, 0.2) is 18.3 Å². The molecule has 3 rings (SSSR count). The topological polar surface area (TPSA) is 55.8 Å². The Kier molecular flexibility index (Phi) is 5.35. The molecule has 0 aromatic heterocycles. The van der Waals surface area contributed by atoms with E-state index in [-0.39, 0.29) is 6.07 Å². The third kappa shape index (κ3) is 3.13. The highest BCUT2D eigenvalue weighted by Gasteiger charge is 2.54. The standard InChI is InChI=1S/C18H6F9NO4/c1-4(16(29)31-2)28-15-6(32-18(26,27)17(28)30)3-5(19)7(11(15)22)8-9(20)12(23)14(25)13(24)10(8)21/h3H,1H2,2H3. The number of nitrogens with zero attached hydrogens (tertiary/aromatic N) is 1. The van der Waals surface area contributed by atoms with Crippen molar-refractivity contribution in [3.05, 3.63) is 59.1 Å². The molecule has 1 amide bonds. The van der Waals surface area contributed by atoms with E-state index in [1.54, 1.807) is 0 Å². The number of carbonyl (C=O) groups excluding carboxylic acids is 2.